The molecule has 0 spiro atoms. The number of aryl methyl sites for hydroxylation is 2. The molecule has 0 fully saturated rings. The van der Waals surface area contributed by atoms with E-state index in [0.717, 1.165) is 23.4 Å². The lowest BCUT2D eigenvalue weighted by Crippen LogP contribution is -2.10. The van der Waals surface area contributed by atoms with Gasteiger partial charge in [0.05, 0.1) is 5.69 Å². The van der Waals surface area contributed by atoms with Gasteiger partial charge < -0.3 is 4.90 Å². The van der Waals surface area contributed by atoms with Crippen LogP contribution >= 0.6 is 11.3 Å². The van der Waals surface area contributed by atoms with Crippen LogP contribution in [0.4, 0.5) is 4.39 Å². The highest BCUT2D eigenvalue weighted by Gasteiger charge is 2.17. The fourth-order valence-electron chi connectivity index (χ4n) is 2.72. The molecule has 3 rings (SSSR count). The van der Waals surface area contributed by atoms with E-state index in [1.807, 2.05) is 26.4 Å². The van der Waals surface area contributed by atoms with Crippen LogP contribution in [-0.4, -0.2) is 28.8 Å². The maximum Gasteiger partial charge on any atom is 0.148 e. The van der Waals surface area contributed by atoms with E-state index in [1.54, 1.807) is 28.2 Å². The van der Waals surface area contributed by atoms with Crippen molar-refractivity contribution < 1.29 is 4.39 Å². The first kappa shape index (κ1) is 15.9. The van der Waals surface area contributed by atoms with Gasteiger partial charge in [0.25, 0.3) is 0 Å². The lowest BCUT2D eigenvalue weighted by atomic mass is 10.1. The molecule has 0 amide bonds. The van der Waals surface area contributed by atoms with Crippen molar-refractivity contribution in [3.63, 3.8) is 0 Å². The average Bonchev–Trinajstić information content (AvgIpc) is 3.02. The third kappa shape index (κ3) is 3.21. The molecule has 0 aliphatic heterocycles. The summed E-state index contributed by atoms with van der Waals surface area (Å²) in [5, 5.41) is 4.70. The summed E-state index contributed by atoms with van der Waals surface area (Å²) in [7, 11) is 4.05. The van der Waals surface area contributed by atoms with Gasteiger partial charge in [-0.3, -0.25) is 0 Å². The molecule has 2 heterocycles. The van der Waals surface area contributed by atoms with E-state index < -0.39 is 0 Å². The van der Waals surface area contributed by atoms with Gasteiger partial charge in [-0.2, -0.15) is 5.10 Å². The molecular formula is C18H20FN3S. The highest BCUT2D eigenvalue weighted by molar-refractivity contribution is 7.12. The first-order valence-electron chi connectivity index (χ1n) is 7.51. The molecule has 2 aromatic heterocycles. The van der Waals surface area contributed by atoms with Gasteiger partial charge in [0, 0.05) is 33.6 Å². The minimum atomic E-state index is -0.267. The molecule has 0 radical (unpaired) electrons. The number of hydrogen-bond donors (Lipinski definition) is 0. The number of hydrogen-bond acceptors (Lipinski definition) is 3. The zero-order chi connectivity index (χ0) is 16.6. The van der Waals surface area contributed by atoms with Crippen molar-refractivity contribution in [3.8, 4) is 16.9 Å². The van der Waals surface area contributed by atoms with Crippen molar-refractivity contribution in [2.75, 3.05) is 14.1 Å². The van der Waals surface area contributed by atoms with Crippen LogP contribution in [0, 0.1) is 19.7 Å². The predicted octanol–water partition coefficient (Wildman–Crippen LogP) is 4.42. The number of thiophene rings is 1. The summed E-state index contributed by atoms with van der Waals surface area (Å²) in [6.45, 7) is 4.97. The van der Waals surface area contributed by atoms with Crippen LogP contribution in [0.3, 0.4) is 0 Å². The molecule has 0 unspecified atom stereocenters. The van der Waals surface area contributed by atoms with Crippen LogP contribution in [0.2, 0.25) is 0 Å². The molecule has 0 saturated heterocycles. The maximum atomic E-state index is 14.1. The Morgan fingerprint density at radius 2 is 1.96 bits per heavy atom. The Kier molecular flexibility index (Phi) is 4.33. The van der Waals surface area contributed by atoms with Crippen LogP contribution in [0.25, 0.3) is 16.9 Å². The van der Waals surface area contributed by atoms with Crippen LogP contribution in [0.5, 0.6) is 0 Å². The second-order valence-corrected chi connectivity index (χ2v) is 7.42. The summed E-state index contributed by atoms with van der Waals surface area (Å²) in [5.41, 5.74) is 3.64. The molecule has 120 valence electrons. The smallest absolute Gasteiger partial charge is 0.148 e. The molecular weight excluding hydrogens is 309 g/mol. The number of benzene rings is 1. The lowest BCUT2D eigenvalue weighted by molar-refractivity contribution is 0.403. The Balaban J connectivity index is 2.15. The van der Waals surface area contributed by atoms with Crippen molar-refractivity contribution in [2.45, 2.75) is 20.4 Å². The number of para-hydroxylation sites is 1. The minimum absolute atomic E-state index is 0.267. The van der Waals surface area contributed by atoms with Gasteiger partial charge in [-0.25, -0.2) is 9.07 Å². The number of aromatic nitrogens is 2. The van der Waals surface area contributed by atoms with Gasteiger partial charge in [0.2, 0.25) is 0 Å². The summed E-state index contributed by atoms with van der Waals surface area (Å²) in [6.07, 6.45) is 1.93. The molecule has 23 heavy (non-hydrogen) atoms. The second kappa shape index (κ2) is 6.26. The molecule has 0 atom stereocenters. The SMILES string of the molecule is Cc1cc(-c2nn(-c3ccccc3F)cc2CN(C)C)c(C)s1. The summed E-state index contributed by atoms with van der Waals surface area (Å²) in [5.74, 6) is -0.267. The number of nitrogens with zero attached hydrogens (tertiary/aromatic N) is 3. The summed E-state index contributed by atoms with van der Waals surface area (Å²) in [6, 6.07) is 8.88. The molecule has 0 saturated carbocycles. The molecule has 0 aliphatic carbocycles. The molecule has 1 aromatic carbocycles. The average molecular weight is 329 g/mol. The van der Waals surface area contributed by atoms with E-state index in [4.69, 9.17) is 5.10 Å². The zero-order valence-corrected chi connectivity index (χ0v) is 14.6. The second-order valence-electron chi connectivity index (χ2n) is 5.96. The Morgan fingerprint density at radius 3 is 2.57 bits per heavy atom. The topological polar surface area (TPSA) is 21.1 Å². The van der Waals surface area contributed by atoms with Crippen molar-refractivity contribution in [1.82, 2.24) is 14.7 Å². The van der Waals surface area contributed by atoms with Gasteiger partial charge in [-0.15, -0.1) is 11.3 Å². The van der Waals surface area contributed by atoms with E-state index in [9.17, 15) is 4.39 Å². The van der Waals surface area contributed by atoms with Gasteiger partial charge >= 0.3 is 0 Å². The first-order chi connectivity index (χ1) is 11.0. The van der Waals surface area contributed by atoms with E-state index >= 15 is 0 Å². The van der Waals surface area contributed by atoms with Crippen LogP contribution in [-0.2, 0) is 6.54 Å². The molecule has 3 nitrogen and oxygen atoms in total. The maximum absolute atomic E-state index is 14.1. The molecule has 3 aromatic rings. The number of rotatable bonds is 4. The first-order valence-corrected chi connectivity index (χ1v) is 8.33. The van der Waals surface area contributed by atoms with Crippen molar-refractivity contribution in [1.29, 1.82) is 0 Å². The highest BCUT2D eigenvalue weighted by atomic mass is 32.1. The molecule has 0 bridgehead atoms. The quantitative estimate of drug-likeness (QED) is 0.706. The molecule has 5 heteroatoms. The van der Waals surface area contributed by atoms with E-state index in [0.29, 0.717) is 5.69 Å². The third-order valence-electron chi connectivity index (χ3n) is 3.67. The Bertz CT molecular complexity index is 833. The standard InChI is InChI=1S/C18H20FN3S/c1-12-9-15(13(2)23-12)18-14(10-21(3)4)11-22(20-18)17-8-6-5-7-16(17)19/h5-9,11H,10H2,1-4H3. The molecule has 0 aliphatic rings. The van der Waals surface area contributed by atoms with Crippen LogP contribution < -0.4 is 0 Å². The normalized spacial score (nSPS) is 11.4. The van der Waals surface area contributed by atoms with E-state index in [2.05, 4.69) is 24.8 Å². The lowest BCUT2D eigenvalue weighted by Gasteiger charge is -2.08. The van der Waals surface area contributed by atoms with Crippen molar-refractivity contribution >= 4 is 11.3 Å². The van der Waals surface area contributed by atoms with E-state index in [1.165, 1.54) is 15.8 Å². The van der Waals surface area contributed by atoms with Gasteiger partial charge in [0.15, 0.2) is 0 Å². The number of halogens is 1. The van der Waals surface area contributed by atoms with Gasteiger partial charge in [-0.1, -0.05) is 12.1 Å². The Hall–Kier alpha value is -1.98. The third-order valence-corrected chi connectivity index (χ3v) is 4.64. The summed E-state index contributed by atoms with van der Waals surface area (Å²) >= 11 is 1.76. The van der Waals surface area contributed by atoms with Crippen molar-refractivity contribution in [2.24, 2.45) is 0 Å². The van der Waals surface area contributed by atoms with Crippen LogP contribution in [0.15, 0.2) is 36.5 Å². The Morgan fingerprint density at radius 1 is 1.22 bits per heavy atom. The fraction of sp³-hybridized carbons (Fsp3) is 0.278. The largest absolute Gasteiger partial charge is 0.305 e. The van der Waals surface area contributed by atoms with Crippen molar-refractivity contribution in [3.05, 3.63) is 57.7 Å². The monoisotopic (exact) mass is 329 g/mol. The highest BCUT2D eigenvalue weighted by Crippen LogP contribution is 2.33. The fourth-order valence-corrected chi connectivity index (χ4v) is 3.64. The van der Waals surface area contributed by atoms with E-state index in [-0.39, 0.29) is 5.82 Å². The minimum Gasteiger partial charge on any atom is -0.305 e. The van der Waals surface area contributed by atoms with Gasteiger partial charge in [-0.05, 0) is 46.1 Å². The van der Waals surface area contributed by atoms with Gasteiger partial charge in [0.1, 0.15) is 11.5 Å². The Labute approximate surface area is 140 Å². The molecule has 0 N–H and O–H groups in total. The summed E-state index contributed by atoms with van der Waals surface area (Å²) < 4.78 is 15.7. The summed E-state index contributed by atoms with van der Waals surface area (Å²) in [4.78, 5) is 4.59. The predicted molar refractivity (Wildman–Crippen MR) is 93.7 cm³/mol. The van der Waals surface area contributed by atoms with Crippen LogP contribution in [0.1, 0.15) is 15.3 Å². The zero-order valence-electron chi connectivity index (χ0n) is 13.8.